The lowest BCUT2D eigenvalue weighted by molar-refractivity contribution is -0.767. The number of hydrogen-bond acceptors (Lipinski definition) is 9. The van der Waals surface area contributed by atoms with Crippen molar-refractivity contribution in [2.24, 2.45) is 14.1 Å². The Labute approximate surface area is 203 Å². The van der Waals surface area contributed by atoms with E-state index in [0.29, 0.717) is 0 Å². The van der Waals surface area contributed by atoms with Crippen LogP contribution in [0, 0.1) is 0 Å². The van der Waals surface area contributed by atoms with E-state index < -0.39 is 49.5 Å². The van der Waals surface area contributed by atoms with E-state index in [9.17, 15) is 34.1 Å². The van der Waals surface area contributed by atoms with Gasteiger partial charge in [0.2, 0.25) is 6.29 Å². The molecule has 0 aliphatic carbocycles. The Balaban J connectivity index is 1.46. The molecule has 4 N–H and O–H groups in total. The molecule has 0 radical (unpaired) electrons. The van der Waals surface area contributed by atoms with Crippen molar-refractivity contribution in [2.75, 3.05) is 13.2 Å². The summed E-state index contributed by atoms with van der Waals surface area (Å²) < 4.78 is 26.8. The fraction of sp³-hybridized carbons (Fsp3) is 0.450. The molecule has 36 heavy (non-hydrogen) atoms. The van der Waals surface area contributed by atoms with Gasteiger partial charge in [-0.25, -0.2) is 9.78 Å². The molecule has 1 fully saturated rings. The van der Waals surface area contributed by atoms with Gasteiger partial charge in [-0.3, -0.25) is 32.5 Å². The van der Waals surface area contributed by atoms with Gasteiger partial charge in [-0.15, -0.1) is 0 Å². The van der Waals surface area contributed by atoms with Gasteiger partial charge >= 0.3 is 13.3 Å². The van der Waals surface area contributed by atoms with Crippen molar-refractivity contribution in [1.82, 2.24) is 24.0 Å². The molecule has 3 aromatic heterocycles. The molecule has 0 spiro atoms. The summed E-state index contributed by atoms with van der Waals surface area (Å²) in [6, 6.07) is 2.98. The zero-order valence-corrected chi connectivity index (χ0v) is 20.5. The average Bonchev–Trinajstić information content (AvgIpc) is 3.34. The quantitative estimate of drug-likeness (QED) is 0.190. The molecule has 1 unspecified atom stereocenters. The number of fused-ring (bicyclic) bond motifs is 1. The van der Waals surface area contributed by atoms with Crippen LogP contribution in [-0.2, 0) is 34.5 Å². The van der Waals surface area contributed by atoms with Gasteiger partial charge in [0.25, 0.3) is 17.7 Å². The number of nitrogens with zero attached hydrogens (tertiary/aromatic N) is 5. The van der Waals surface area contributed by atoms with Crippen molar-refractivity contribution >= 4 is 24.7 Å². The van der Waals surface area contributed by atoms with Crippen molar-refractivity contribution in [2.45, 2.75) is 31.3 Å². The van der Waals surface area contributed by atoms with E-state index in [1.54, 1.807) is 7.05 Å². The second-order valence-corrected chi connectivity index (χ2v) is 10.2. The van der Waals surface area contributed by atoms with Gasteiger partial charge in [0.1, 0.15) is 11.7 Å². The minimum absolute atomic E-state index is 0.0360. The number of amides is 1. The minimum atomic E-state index is -4.01. The number of carbonyl (C=O) groups excluding carboxylic acids is 1. The Hall–Kier alpha value is -3.20. The number of carbonyl (C=O) groups is 1. The number of pyridine rings is 1. The van der Waals surface area contributed by atoms with Crippen LogP contribution >= 0.6 is 7.60 Å². The maximum atomic E-state index is 12.8. The number of rotatable bonds is 7. The lowest BCUT2D eigenvalue weighted by atomic mass is 10.2. The maximum absolute atomic E-state index is 12.8. The molecule has 16 heteroatoms. The van der Waals surface area contributed by atoms with Gasteiger partial charge in [0.15, 0.2) is 29.7 Å². The molecular weight excluding hydrogens is 499 g/mol. The topological polar surface area (TPSA) is 191 Å². The van der Waals surface area contributed by atoms with Crippen molar-refractivity contribution in [3.05, 3.63) is 57.3 Å². The van der Waals surface area contributed by atoms with E-state index in [1.165, 1.54) is 51.6 Å². The van der Waals surface area contributed by atoms with Crippen LogP contribution < -0.4 is 21.1 Å². The highest BCUT2D eigenvalue weighted by Crippen LogP contribution is 2.42. The van der Waals surface area contributed by atoms with Crippen molar-refractivity contribution in [1.29, 1.82) is 0 Å². The summed E-state index contributed by atoms with van der Waals surface area (Å²) in [5.41, 5.74) is -0.427. The first-order valence-electron chi connectivity index (χ1n) is 10.8. The molecule has 15 nitrogen and oxygen atoms in total. The van der Waals surface area contributed by atoms with Gasteiger partial charge in [0.05, 0.1) is 6.33 Å². The third kappa shape index (κ3) is 4.89. The van der Waals surface area contributed by atoms with Crippen molar-refractivity contribution in [3.63, 3.8) is 0 Å². The summed E-state index contributed by atoms with van der Waals surface area (Å²) in [5.74, 6) is -0.537. The molecular formula is C20H26N6O9P+. The normalized spacial score (nSPS) is 23.6. The summed E-state index contributed by atoms with van der Waals surface area (Å²) in [6.45, 7) is 0.796. The lowest BCUT2D eigenvalue weighted by Gasteiger charge is -2.15. The summed E-state index contributed by atoms with van der Waals surface area (Å²) in [5, 5.41) is 23.0. The average molecular weight is 525 g/mol. The highest BCUT2D eigenvalue weighted by atomic mass is 31.2. The van der Waals surface area contributed by atoms with Crippen LogP contribution in [0.3, 0.4) is 0 Å². The number of aromatic nitrogens is 5. The smallest absolute Gasteiger partial charge is 0.332 e. The van der Waals surface area contributed by atoms with Crippen LogP contribution in [0.4, 0.5) is 0 Å². The van der Waals surface area contributed by atoms with Gasteiger partial charge in [-0.1, -0.05) is 0 Å². The molecule has 194 valence electrons. The lowest BCUT2D eigenvalue weighted by Crippen LogP contribution is -2.46. The largest absolute Gasteiger partial charge is 0.385 e. The summed E-state index contributed by atoms with van der Waals surface area (Å²) in [4.78, 5) is 51.5. The number of aliphatic hydroxyl groups is 2. The van der Waals surface area contributed by atoms with E-state index in [4.69, 9.17) is 9.26 Å². The summed E-state index contributed by atoms with van der Waals surface area (Å²) in [6.07, 6.45) is -1.60. The van der Waals surface area contributed by atoms with Crippen LogP contribution in [0.25, 0.3) is 11.2 Å². The second-order valence-electron chi connectivity index (χ2n) is 8.41. The van der Waals surface area contributed by atoms with Crippen LogP contribution in [0.15, 0.2) is 40.4 Å². The molecule has 1 aliphatic heterocycles. The predicted octanol–water partition coefficient (Wildman–Crippen LogP) is -2.44. The number of nitrogens with one attached hydrogen (secondary N) is 1. The van der Waals surface area contributed by atoms with Crippen LogP contribution in [0.2, 0.25) is 0 Å². The van der Waals surface area contributed by atoms with Crippen molar-refractivity contribution in [3.8, 4) is 0 Å². The van der Waals surface area contributed by atoms with E-state index >= 15 is 0 Å². The van der Waals surface area contributed by atoms with Crippen molar-refractivity contribution < 1.29 is 38.3 Å². The maximum Gasteiger partial charge on any atom is 0.332 e. The summed E-state index contributed by atoms with van der Waals surface area (Å²) in [7, 11) is -0.865. The Morgan fingerprint density at radius 1 is 1.31 bits per heavy atom. The monoisotopic (exact) mass is 525 g/mol. The number of aryl methyl sites for hydroxylation is 2. The van der Waals surface area contributed by atoms with Gasteiger partial charge in [0, 0.05) is 39.9 Å². The first kappa shape index (κ1) is 25.9. The third-order valence-corrected chi connectivity index (χ3v) is 6.29. The van der Waals surface area contributed by atoms with E-state index in [1.807, 2.05) is 0 Å². The van der Waals surface area contributed by atoms with E-state index in [0.717, 1.165) is 11.2 Å². The van der Waals surface area contributed by atoms with E-state index in [2.05, 4.69) is 10.3 Å². The highest BCUT2D eigenvalue weighted by molar-refractivity contribution is 7.51. The first-order chi connectivity index (χ1) is 16.9. The van der Waals surface area contributed by atoms with Gasteiger partial charge in [-0.05, 0) is 6.07 Å². The standard InChI is InChI=1S/C20H25N6O9P/c1-23-10-22-15-12(23)17(30)26(20(31)24(15)2)8-6-21-16(29)11-5-4-7-25(9-11)18-13(27)14(28)19(34-18)35-36(3,32)33/h4-5,7,9-10,13-14,18-19,27-28H,6,8H2,1-3H3,(H-,21,29,32,33)/p+1/t13-,14+,18-,19-/m1/s1. The fourth-order valence-electron chi connectivity index (χ4n) is 3.92. The second kappa shape index (κ2) is 9.69. The highest BCUT2D eigenvalue weighted by Gasteiger charge is 2.50. The molecule has 1 amide bonds. The number of hydrogen-bond donors (Lipinski definition) is 4. The molecule has 4 rings (SSSR count). The Bertz CT molecular complexity index is 1470. The Morgan fingerprint density at radius 3 is 2.72 bits per heavy atom. The minimum Gasteiger partial charge on any atom is -0.385 e. The molecule has 0 saturated carbocycles. The number of imidazole rings is 1. The van der Waals surface area contributed by atoms with Crippen LogP contribution in [-0.4, -0.2) is 71.4 Å². The van der Waals surface area contributed by atoms with Gasteiger partial charge in [-0.2, -0.15) is 4.57 Å². The van der Waals surface area contributed by atoms with E-state index in [-0.39, 0.29) is 29.8 Å². The molecule has 4 heterocycles. The molecule has 5 atom stereocenters. The molecule has 0 aromatic carbocycles. The zero-order valence-electron chi connectivity index (χ0n) is 19.6. The molecule has 1 aliphatic rings. The molecule has 3 aromatic rings. The SMILES string of the molecule is Cn1cnc2c1c(=O)n(CCNC(=O)c1ccc[n+]([C@@H]3O[C@H](OP(C)(=O)O)[C@@H](O)[C@H]3O)c1)c(=O)n2C. The summed E-state index contributed by atoms with van der Waals surface area (Å²) >= 11 is 0. The zero-order chi connectivity index (χ0) is 26.4. The Kier molecular flexibility index (Phi) is 6.96. The Morgan fingerprint density at radius 2 is 2.03 bits per heavy atom. The third-order valence-electron chi connectivity index (χ3n) is 5.69. The predicted molar refractivity (Wildman–Crippen MR) is 122 cm³/mol. The first-order valence-corrected chi connectivity index (χ1v) is 12.8. The molecule has 0 bridgehead atoms. The number of ether oxygens (including phenoxy) is 1. The fourth-order valence-corrected chi connectivity index (χ4v) is 4.48. The van der Waals surface area contributed by atoms with Crippen LogP contribution in [0.1, 0.15) is 16.6 Å². The van der Waals surface area contributed by atoms with Crippen LogP contribution in [0.5, 0.6) is 0 Å². The number of aliphatic hydroxyl groups excluding tert-OH is 2. The van der Waals surface area contributed by atoms with Gasteiger partial charge < -0.3 is 25.0 Å². The molecule has 1 saturated heterocycles.